The zero-order valence-electron chi connectivity index (χ0n) is 23.2. The lowest BCUT2D eigenvalue weighted by atomic mass is 10.0. The summed E-state index contributed by atoms with van der Waals surface area (Å²) >= 11 is 0. The number of benzene rings is 2. The third-order valence-corrected chi connectivity index (χ3v) is 3.35. The molecule has 2 aromatic rings. The van der Waals surface area contributed by atoms with Crippen molar-refractivity contribution in [2.24, 2.45) is 0 Å². The van der Waals surface area contributed by atoms with Crippen LogP contribution in [0.5, 0.6) is 17.2 Å². The van der Waals surface area contributed by atoms with Crippen LogP contribution in [0.15, 0.2) is 42.5 Å². The maximum Gasteiger partial charge on any atom is 0.160 e. The highest BCUT2D eigenvalue weighted by atomic mass is 16.5. The van der Waals surface area contributed by atoms with Crippen molar-refractivity contribution < 1.29 is 31.7 Å². The van der Waals surface area contributed by atoms with E-state index in [-0.39, 0.29) is 22.8 Å². The Balaban J connectivity index is 2.16. The second-order valence-electron chi connectivity index (χ2n) is 5.36. The summed E-state index contributed by atoms with van der Waals surface area (Å²) in [6.07, 6.45) is -7.83. The predicted molar refractivity (Wildman–Crippen MR) is 99.8 cm³/mol. The molecule has 0 bridgehead atoms. The smallest absolute Gasteiger partial charge is 0.160 e. The molecule has 0 aliphatic heterocycles. The van der Waals surface area contributed by atoms with Crippen LogP contribution in [0, 0.1) is 6.92 Å². The molecule has 0 fully saturated rings. The van der Waals surface area contributed by atoms with E-state index in [2.05, 4.69) is 0 Å². The van der Waals surface area contributed by atoms with Crippen molar-refractivity contribution >= 4 is 0 Å². The highest BCUT2D eigenvalue weighted by molar-refractivity contribution is 5.42. The van der Waals surface area contributed by atoms with Crippen molar-refractivity contribution in [2.75, 3.05) is 20.7 Å². The quantitative estimate of drug-likeness (QED) is 0.696. The molecule has 2 aromatic carbocycles. The first-order valence-electron chi connectivity index (χ1n) is 12.3. The lowest BCUT2D eigenvalue weighted by Gasteiger charge is -2.13. The molecule has 4 heteroatoms. The molecule has 1 N–H and O–H groups in total. The largest absolute Gasteiger partial charge is 0.493 e. The van der Waals surface area contributed by atoms with E-state index >= 15 is 0 Å². The van der Waals surface area contributed by atoms with Crippen LogP contribution in [-0.2, 0) is 6.37 Å². The van der Waals surface area contributed by atoms with Gasteiger partial charge in [-0.15, -0.1) is 0 Å². The van der Waals surface area contributed by atoms with Gasteiger partial charge in [-0.05, 0) is 61.5 Å². The second-order valence-corrected chi connectivity index (χ2v) is 5.36. The molecule has 0 spiro atoms. The van der Waals surface area contributed by atoms with E-state index in [0.29, 0.717) is 0 Å². The molecule has 0 radical (unpaired) electrons. The second kappa shape index (κ2) is 9.94. The van der Waals surface area contributed by atoms with E-state index in [1.807, 2.05) is 0 Å². The van der Waals surface area contributed by atoms with Crippen molar-refractivity contribution in [1.29, 1.82) is 0 Å². The third-order valence-electron chi connectivity index (χ3n) is 3.35. The Bertz CT molecular complexity index is 977. The van der Waals surface area contributed by atoms with Gasteiger partial charge in [0.15, 0.2) is 11.5 Å². The first-order valence-corrected chi connectivity index (χ1v) is 7.80. The maximum atomic E-state index is 10.4. The number of methoxy groups -OCH3 is 2. The summed E-state index contributed by atoms with van der Waals surface area (Å²) in [7, 11) is -1.51. The van der Waals surface area contributed by atoms with Crippen LogP contribution in [-0.4, -0.2) is 31.9 Å². The van der Waals surface area contributed by atoms with Crippen LogP contribution >= 0.6 is 0 Å². The summed E-state index contributed by atoms with van der Waals surface area (Å²) in [5.41, 5.74) is 0.693. The Labute approximate surface area is 163 Å². The lowest BCUT2D eigenvalue weighted by Crippen LogP contribution is -2.17. The fourth-order valence-corrected chi connectivity index (χ4v) is 2.08. The number of aliphatic hydroxyl groups excluding tert-OH is 1. The standard InChI is InChI=1S/C21H28O4/c1-16-7-6-10-19(13-16)25-15-18(22)9-5-4-8-17-11-12-20(23-2)21(14-17)24-3/h6-7,10-14,18,22H,4-5,8-9,15H2,1-3H3/i2D3,4D2,8D2,15D2. The van der Waals surface area contributed by atoms with Crippen molar-refractivity contribution in [1.82, 2.24) is 0 Å². The number of hydrogen-bond donors (Lipinski definition) is 1. The average Bonchev–Trinajstić information content (AvgIpc) is 2.70. The Morgan fingerprint density at radius 1 is 1.16 bits per heavy atom. The van der Waals surface area contributed by atoms with Gasteiger partial charge in [0.25, 0.3) is 0 Å². The molecule has 0 amide bonds. The molecule has 2 rings (SSSR count). The van der Waals surface area contributed by atoms with Crippen molar-refractivity contribution in [3.05, 3.63) is 53.6 Å². The highest BCUT2D eigenvalue weighted by Gasteiger charge is 2.07. The molecule has 136 valence electrons. The Hall–Kier alpha value is -2.20. The number of ether oxygens (including phenoxy) is 3. The molecule has 0 aliphatic carbocycles. The SMILES string of the molecule is [2H]C([2H])([2H])Oc1ccc(C([2H])([2H])C([2H])([2H])CCC(O)C([2H])([2H])Oc2cccc(C)c2)cc1OC. The van der Waals surface area contributed by atoms with Gasteiger partial charge in [-0.3, -0.25) is 0 Å². The topological polar surface area (TPSA) is 47.9 Å². The van der Waals surface area contributed by atoms with Gasteiger partial charge in [-0.25, -0.2) is 0 Å². The van der Waals surface area contributed by atoms with Crippen LogP contribution in [0.4, 0.5) is 0 Å². The highest BCUT2D eigenvalue weighted by Crippen LogP contribution is 2.28. The van der Waals surface area contributed by atoms with Gasteiger partial charge in [0, 0.05) is 5.48 Å². The van der Waals surface area contributed by atoms with E-state index in [9.17, 15) is 5.11 Å². The first-order chi connectivity index (χ1) is 15.5. The fourth-order valence-electron chi connectivity index (χ4n) is 2.08. The zero-order chi connectivity index (χ0) is 25.9. The Morgan fingerprint density at radius 2 is 2.04 bits per heavy atom. The molecule has 25 heavy (non-hydrogen) atoms. The Kier molecular flexibility index (Phi) is 4.01. The average molecular weight is 354 g/mol. The molecule has 1 atom stereocenters. The zero-order valence-corrected chi connectivity index (χ0v) is 14.2. The van der Waals surface area contributed by atoms with Gasteiger partial charge in [-0.1, -0.05) is 24.6 Å². The van der Waals surface area contributed by atoms with Gasteiger partial charge in [0.2, 0.25) is 0 Å². The molecule has 4 nitrogen and oxygen atoms in total. The first kappa shape index (κ1) is 10.1. The molecule has 0 aliphatic rings. The number of aryl methyl sites for hydroxylation is 2. The normalized spacial score (nSPS) is 19.4. The molecular formula is C21H28O4. The lowest BCUT2D eigenvalue weighted by molar-refractivity contribution is 0.0976. The third kappa shape index (κ3) is 6.31. The molecule has 0 saturated carbocycles. The van der Waals surface area contributed by atoms with E-state index in [1.165, 1.54) is 25.3 Å². The number of aliphatic hydroxyl groups is 1. The maximum absolute atomic E-state index is 10.4. The van der Waals surface area contributed by atoms with E-state index < -0.39 is 45.3 Å². The molecule has 0 aromatic heterocycles. The van der Waals surface area contributed by atoms with E-state index in [0.717, 1.165) is 11.6 Å². The van der Waals surface area contributed by atoms with Crippen LogP contribution < -0.4 is 14.2 Å². The monoisotopic (exact) mass is 353 g/mol. The van der Waals surface area contributed by atoms with Crippen molar-refractivity contribution in [2.45, 2.75) is 38.6 Å². The van der Waals surface area contributed by atoms with Crippen LogP contribution in [0.3, 0.4) is 0 Å². The summed E-state index contributed by atoms with van der Waals surface area (Å²) in [4.78, 5) is 0. The minimum Gasteiger partial charge on any atom is -0.493 e. The van der Waals surface area contributed by atoms with Gasteiger partial charge in [-0.2, -0.15) is 0 Å². The number of hydrogen-bond acceptors (Lipinski definition) is 4. The molecular weight excluding hydrogens is 316 g/mol. The van der Waals surface area contributed by atoms with E-state index in [4.69, 9.17) is 26.5 Å². The van der Waals surface area contributed by atoms with Crippen LogP contribution in [0.2, 0.25) is 0 Å². The summed E-state index contributed by atoms with van der Waals surface area (Å²) in [6.45, 7) is -0.736. The summed E-state index contributed by atoms with van der Waals surface area (Å²) in [5.74, 6) is -0.0374. The van der Waals surface area contributed by atoms with Crippen molar-refractivity contribution in [3.63, 3.8) is 0 Å². The van der Waals surface area contributed by atoms with E-state index in [1.54, 1.807) is 25.1 Å². The minimum absolute atomic E-state index is 0.0868. The fraction of sp³-hybridized carbons (Fsp3) is 0.429. The summed E-state index contributed by atoms with van der Waals surface area (Å²) in [6, 6.07) is 10.1. The molecule has 1 unspecified atom stereocenters. The summed E-state index contributed by atoms with van der Waals surface area (Å²) < 4.78 is 86.1. The van der Waals surface area contributed by atoms with Gasteiger partial charge < -0.3 is 19.3 Å². The predicted octanol–water partition coefficient (Wildman–Crippen LogP) is 4.16. The Morgan fingerprint density at radius 3 is 2.80 bits per heavy atom. The minimum atomic E-state index is -2.75. The van der Waals surface area contributed by atoms with Gasteiger partial charge in [0.1, 0.15) is 12.3 Å². The van der Waals surface area contributed by atoms with Crippen LogP contribution in [0.1, 0.15) is 42.7 Å². The van der Waals surface area contributed by atoms with Crippen molar-refractivity contribution in [3.8, 4) is 17.2 Å². The van der Waals surface area contributed by atoms with Gasteiger partial charge >= 0.3 is 0 Å². The summed E-state index contributed by atoms with van der Waals surface area (Å²) in [5, 5.41) is 10.4. The van der Waals surface area contributed by atoms with Crippen LogP contribution in [0.25, 0.3) is 0 Å². The number of rotatable bonds is 10. The molecule has 0 saturated heterocycles. The molecule has 0 heterocycles. The van der Waals surface area contributed by atoms with Gasteiger partial charge in [0.05, 0.1) is 27.1 Å².